The second-order valence-corrected chi connectivity index (χ2v) is 7.82. The number of urea groups is 1. The van der Waals surface area contributed by atoms with Gasteiger partial charge in [0.15, 0.2) is 0 Å². The van der Waals surface area contributed by atoms with Gasteiger partial charge in [0.1, 0.15) is 23.6 Å². The molecular formula is C22H17ClF4N6O. The molecule has 0 spiro atoms. The lowest BCUT2D eigenvalue weighted by Crippen LogP contribution is -2.20. The molecule has 0 aliphatic carbocycles. The molecule has 4 N–H and O–H groups in total. The minimum atomic E-state index is -4.69. The van der Waals surface area contributed by atoms with Gasteiger partial charge in [-0.1, -0.05) is 11.6 Å². The maximum atomic E-state index is 14.6. The topological polar surface area (TPSA) is 94.7 Å². The Kier molecular flexibility index (Phi) is 6.05. The number of rotatable bonds is 4. The van der Waals surface area contributed by atoms with Crippen molar-refractivity contribution in [2.75, 3.05) is 16.0 Å². The third-order valence-corrected chi connectivity index (χ3v) is 5.43. The van der Waals surface area contributed by atoms with Crippen molar-refractivity contribution in [3.63, 3.8) is 0 Å². The summed E-state index contributed by atoms with van der Waals surface area (Å²) in [6.45, 7) is 3.81. The Hall–Kier alpha value is -3.86. The molecule has 2 aromatic carbocycles. The van der Waals surface area contributed by atoms with E-state index in [-0.39, 0.29) is 11.4 Å². The molecule has 4 aromatic rings. The van der Waals surface area contributed by atoms with E-state index >= 15 is 0 Å². The highest BCUT2D eigenvalue weighted by Gasteiger charge is 2.33. The summed E-state index contributed by atoms with van der Waals surface area (Å²) in [5.74, 6) is -0.285. The van der Waals surface area contributed by atoms with E-state index in [0.29, 0.717) is 23.2 Å². The second-order valence-electron chi connectivity index (χ2n) is 7.41. The van der Waals surface area contributed by atoms with Crippen molar-refractivity contribution in [2.24, 2.45) is 0 Å². The quantitative estimate of drug-likeness (QED) is 0.236. The first-order valence-corrected chi connectivity index (χ1v) is 10.2. The summed E-state index contributed by atoms with van der Waals surface area (Å²) in [5.41, 5.74) is 1.46. The van der Waals surface area contributed by atoms with Crippen LogP contribution < -0.4 is 16.0 Å². The Balaban J connectivity index is 1.49. The summed E-state index contributed by atoms with van der Waals surface area (Å²) in [4.78, 5) is 23.7. The number of aryl methyl sites for hydroxylation is 2. The molecule has 34 heavy (non-hydrogen) atoms. The highest BCUT2D eigenvalue weighted by molar-refractivity contribution is 6.31. The van der Waals surface area contributed by atoms with Crippen LogP contribution in [0.15, 0.2) is 42.7 Å². The molecule has 0 atom stereocenters. The molecule has 0 unspecified atom stereocenters. The third kappa shape index (κ3) is 4.74. The Morgan fingerprint density at radius 2 is 1.76 bits per heavy atom. The van der Waals surface area contributed by atoms with Crippen molar-refractivity contribution in [3.05, 3.63) is 70.4 Å². The fraction of sp³-hybridized carbons (Fsp3) is 0.136. The van der Waals surface area contributed by atoms with E-state index in [1.165, 1.54) is 24.5 Å². The first-order valence-electron chi connectivity index (χ1n) is 9.84. The molecule has 0 radical (unpaired) electrons. The number of alkyl halides is 3. The van der Waals surface area contributed by atoms with Crippen LogP contribution >= 0.6 is 11.6 Å². The second kappa shape index (κ2) is 8.82. The average Bonchev–Trinajstić information content (AvgIpc) is 3.05. The molecule has 4 rings (SSSR count). The zero-order valence-corrected chi connectivity index (χ0v) is 18.5. The zero-order valence-electron chi connectivity index (χ0n) is 17.7. The smallest absolute Gasteiger partial charge is 0.343 e. The van der Waals surface area contributed by atoms with Crippen LogP contribution in [0.3, 0.4) is 0 Å². The molecule has 0 fully saturated rings. The number of benzene rings is 2. The number of hydrogen-bond acceptors (Lipinski definition) is 4. The van der Waals surface area contributed by atoms with Crippen molar-refractivity contribution in [2.45, 2.75) is 20.0 Å². The molecule has 2 aromatic heterocycles. The Bertz CT molecular complexity index is 1400. The number of aromatic nitrogens is 3. The molecular weight excluding hydrogens is 476 g/mol. The van der Waals surface area contributed by atoms with Crippen molar-refractivity contribution in [3.8, 4) is 0 Å². The van der Waals surface area contributed by atoms with Gasteiger partial charge in [0.25, 0.3) is 0 Å². The first kappa shape index (κ1) is 23.3. The number of hydrogen-bond donors (Lipinski definition) is 4. The van der Waals surface area contributed by atoms with E-state index in [2.05, 4.69) is 30.9 Å². The van der Waals surface area contributed by atoms with Crippen LogP contribution in [0.2, 0.25) is 5.02 Å². The van der Waals surface area contributed by atoms with Crippen LogP contribution in [-0.4, -0.2) is 21.0 Å². The molecule has 176 valence electrons. The lowest BCUT2D eigenvalue weighted by molar-refractivity contribution is -0.137. The van der Waals surface area contributed by atoms with Crippen molar-refractivity contribution in [1.82, 2.24) is 15.0 Å². The van der Waals surface area contributed by atoms with E-state index in [9.17, 15) is 22.4 Å². The van der Waals surface area contributed by atoms with Crippen molar-refractivity contribution < 1.29 is 22.4 Å². The molecule has 0 bridgehead atoms. The number of amides is 2. The number of fused-ring (bicyclic) bond motifs is 1. The molecule has 0 aliphatic heterocycles. The van der Waals surface area contributed by atoms with Gasteiger partial charge in [0, 0.05) is 17.1 Å². The van der Waals surface area contributed by atoms with Crippen LogP contribution in [0.4, 0.5) is 45.2 Å². The fourth-order valence-electron chi connectivity index (χ4n) is 3.33. The summed E-state index contributed by atoms with van der Waals surface area (Å²) in [6.07, 6.45) is -3.31. The van der Waals surface area contributed by atoms with Gasteiger partial charge in [0.2, 0.25) is 0 Å². The fourth-order valence-corrected chi connectivity index (χ4v) is 3.55. The maximum absolute atomic E-state index is 14.6. The van der Waals surface area contributed by atoms with Gasteiger partial charge < -0.3 is 20.9 Å². The number of H-pyrrole nitrogens is 1. The van der Waals surface area contributed by atoms with E-state index < -0.39 is 28.6 Å². The molecule has 0 saturated heterocycles. The number of carbonyl (C=O) groups excluding carboxylic acids is 1. The van der Waals surface area contributed by atoms with Gasteiger partial charge in [-0.2, -0.15) is 13.2 Å². The number of carbonyl (C=O) groups is 1. The monoisotopic (exact) mass is 492 g/mol. The lowest BCUT2D eigenvalue weighted by atomic mass is 10.2. The van der Waals surface area contributed by atoms with Crippen molar-refractivity contribution >= 4 is 51.5 Å². The Labute approximate surface area is 195 Å². The van der Waals surface area contributed by atoms with E-state index in [4.69, 9.17) is 11.6 Å². The van der Waals surface area contributed by atoms with Crippen LogP contribution in [0.5, 0.6) is 0 Å². The third-order valence-electron chi connectivity index (χ3n) is 5.10. The van der Waals surface area contributed by atoms with Gasteiger partial charge >= 0.3 is 12.2 Å². The van der Waals surface area contributed by atoms with E-state index in [1.54, 1.807) is 0 Å². The van der Waals surface area contributed by atoms with E-state index in [1.807, 2.05) is 13.8 Å². The van der Waals surface area contributed by atoms with Gasteiger partial charge in [-0.3, -0.25) is 0 Å². The molecule has 2 amide bonds. The summed E-state index contributed by atoms with van der Waals surface area (Å²) in [6, 6.07) is 5.97. The minimum Gasteiger partial charge on any atom is -0.343 e. The van der Waals surface area contributed by atoms with E-state index in [0.717, 1.165) is 28.8 Å². The van der Waals surface area contributed by atoms with Gasteiger partial charge in [-0.15, -0.1) is 0 Å². The number of nitrogens with one attached hydrogen (secondary N) is 4. The molecule has 0 saturated carbocycles. The standard InChI is InChI=1S/C22H17ClF4N6O/c1-10-11(2)30-19-18(10)20(29-9-28-19)31-13-4-6-17(16(24)8-13)33-21(34)32-12-3-5-15(23)14(7-12)22(25,26)27/h3-9H,1-2H3,(H2,32,33,34)(H2,28,29,30,31). The SMILES string of the molecule is Cc1[nH]c2ncnc(Nc3ccc(NC(=O)Nc4ccc(Cl)c(C(F)(F)F)c4)c(F)c3)c2c1C. The number of aromatic amines is 1. The minimum absolute atomic E-state index is 0.155. The Morgan fingerprint density at radius 1 is 1.03 bits per heavy atom. The van der Waals surface area contributed by atoms with Crippen molar-refractivity contribution in [1.29, 1.82) is 0 Å². The average molecular weight is 493 g/mol. The summed E-state index contributed by atoms with van der Waals surface area (Å²) in [7, 11) is 0. The summed E-state index contributed by atoms with van der Waals surface area (Å²) in [5, 5.41) is 7.79. The van der Waals surface area contributed by atoms with Crippen LogP contribution in [0, 0.1) is 19.7 Å². The van der Waals surface area contributed by atoms with Gasteiger partial charge in [0.05, 0.1) is 21.7 Å². The number of nitrogens with zero attached hydrogens (tertiary/aromatic N) is 2. The first-order chi connectivity index (χ1) is 16.0. The molecule has 0 aliphatic rings. The molecule has 12 heteroatoms. The van der Waals surface area contributed by atoms with Gasteiger partial charge in [-0.25, -0.2) is 19.2 Å². The number of halogens is 5. The largest absolute Gasteiger partial charge is 0.417 e. The summed E-state index contributed by atoms with van der Waals surface area (Å²) >= 11 is 5.57. The maximum Gasteiger partial charge on any atom is 0.417 e. The highest BCUT2D eigenvalue weighted by Crippen LogP contribution is 2.36. The number of anilines is 4. The normalized spacial score (nSPS) is 11.5. The van der Waals surface area contributed by atoms with Crippen LogP contribution in [0.1, 0.15) is 16.8 Å². The predicted octanol–water partition coefficient (Wildman–Crippen LogP) is 6.77. The van der Waals surface area contributed by atoms with Crippen LogP contribution in [0.25, 0.3) is 11.0 Å². The predicted molar refractivity (Wildman–Crippen MR) is 122 cm³/mol. The van der Waals surface area contributed by atoms with Crippen LogP contribution in [-0.2, 0) is 6.18 Å². The summed E-state index contributed by atoms with van der Waals surface area (Å²) < 4.78 is 53.6. The Morgan fingerprint density at radius 3 is 2.47 bits per heavy atom. The highest BCUT2D eigenvalue weighted by atomic mass is 35.5. The lowest BCUT2D eigenvalue weighted by Gasteiger charge is -2.13. The van der Waals surface area contributed by atoms with Gasteiger partial charge in [-0.05, 0) is 55.8 Å². The molecule has 2 heterocycles. The zero-order chi connectivity index (χ0) is 24.6. The molecule has 7 nitrogen and oxygen atoms in total.